The van der Waals surface area contributed by atoms with Gasteiger partial charge in [0.15, 0.2) is 5.82 Å². The second-order valence-corrected chi connectivity index (χ2v) is 5.09. The van der Waals surface area contributed by atoms with Crippen LogP contribution in [0.15, 0.2) is 28.7 Å². The minimum absolute atomic E-state index is 0.748. The van der Waals surface area contributed by atoms with E-state index in [1.165, 1.54) is 5.56 Å². The van der Waals surface area contributed by atoms with E-state index in [9.17, 15) is 0 Å². The normalized spacial score (nSPS) is 10.4. The van der Waals surface area contributed by atoms with Gasteiger partial charge in [-0.05, 0) is 38.5 Å². The van der Waals surface area contributed by atoms with Crippen LogP contribution in [0.4, 0.5) is 5.82 Å². The van der Waals surface area contributed by atoms with Crippen LogP contribution in [0.1, 0.15) is 18.2 Å². The molecule has 0 saturated carbocycles. The number of aromatic nitrogens is 2. The Morgan fingerprint density at radius 1 is 1.17 bits per heavy atom. The first-order valence-corrected chi connectivity index (χ1v) is 6.75. The molecule has 0 aliphatic carbocycles. The van der Waals surface area contributed by atoms with Crippen LogP contribution in [-0.4, -0.2) is 16.5 Å². The van der Waals surface area contributed by atoms with Gasteiger partial charge in [0.2, 0.25) is 0 Å². The molecule has 0 radical (unpaired) electrons. The lowest BCUT2D eigenvalue weighted by Gasteiger charge is -2.08. The Labute approximate surface area is 116 Å². The number of benzene rings is 1. The Balaban J connectivity index is 2.49. The lowest BCUT2D eigenvalue weighted by atomic mass is 10.1. The van der Waals surface area contributed by atoms with Gasteiger partial charge in [0, 0.05) is 28.3 Å². The molecular formula is C14H16BrN3. The molecule has 0 saturated heterocycles. The largest absolute Gasteiger partial charge is 0.370 e. The third-order valence-electron chi connectivity index (χ3n) is 2.58. The Hall–Kier alpha value is -1.42. The number of hydrogen-bond acceptors (Lipinski definition) is 3. The van der Waals surface area contributed by atoms with Crippen LogP contribution >= 0.6 is 15.9 Å². The number of halogens is 1. The lowest BCUT2D eigenvalue weighted by molar-refractivity contribution is 1.08. The van der Waals surface area contributed by atoms with Gasteiger partial charge in [-0.25, -0.2) is 9.97 Å². The van der Waals surface area contributed by atoms with Gasteiger partial charge in [0.1, 0.15) is 5.82 Å². The van der Waals surface area contributed by atoms with Gasteiger partial charge in [-0.2, -0.15) is 0 Å². The predicted octanol–water partition coefficient (Wildman–Crippen LogP) is 3.95. The zero-order chi connectivity index (χ0) is 13.1. The van der Waals surface area contributed by atoms with Crippen molar-refractivity contribution >= 4 is 21.7 Å². The smallest absolute Gasteiger partial charge is 0.162 e. The van der Waals surface area contributed by atoms with Crippen molar-refractivity contribution in [1.29, 1.82) is 0 Å². The second kappa shape index (κ2) is 5.48. The van der Waals surface area contributed by atoms with E-state index in [0.29, 0.717) is 0 Å². The molecule has 2 rings (SSSR count). The highest BCUT2D eigenvalue weighted by Gasteiger charge is 2.08. The molecule has 3 nitrogen and oxygen atoms in total. The third-order valence-corrected chi connectivity index (χ3v) is 3.23. The Morgan fingerprint density at radius 2 is 1.94 bits per heavy atom. The first kappa shape index (κ1) is 13.0. The van der Waals surface area contributed by atoms with E-state index in [2.05, 4.69) is 57.2 Å². The van der Waals surface area contributed by atoms with E-state index < -0.39 is 0 Å². The molecule has 1 aromatic carbocycles. The zero-order valence-corrected chi connectivity index (χ0v) is 12.4. The van der Waals surface area contributed by atoms with Crippen LogP contribution in [-0.2, 0) is 0 Å². The molecule has 1 heterocycles. The fourth-order valence-corrected chi connectivity index (χ4v) is 2.43. The maximum Gasteiger partial charge on any atom is 0.162 e. The summed E-state index contributed by atoms with van der Waals surface area (Å²) in [6, 6.07) is 8.14. The molecule has 94 valence electrons. The average molecular weight is 306 g/mol. The summed E-state index contributed by atoms with van der Waals surface area (Å²) in [6.07, 6.45) is 0. The third kappa shape index (κ3) is 2.88. The topological polar surface area (TPSA) is 37.8 Å². The quantitative estimate of drug-likeness (QED) is 0.933. The van der Waals surface area contributed by atoms with Crippen molar-refractivity contribution in [3.63, 3.8) is 0 Å². The Bertz CT molecular complexity index is 567. The monoisotopic (exact) mass is 305 g/mol. The first-order valence-electron chi connectivity index (χ1n) is 5.96. The molecule has 0 bridgehead atoms. The molecule has 4 heteroatoms. The van der Waals surface area contributed by atoms with Crippen LogP contribution in [0.25, 0.3) is 11.4 Å². The van der Waals surface area contributed by atoms with E-state index in [0.717, 1.165) is 33.9 Å². The Kier molecular flexibility index (Phi) is 3.97. The summed E-state index contributed by atoms with van der Waals surface area (Å²) in [7, 11) is 0. The lowest BCUT2D eigenvalue weighted by Crippen LogP contribution is -2.02. The SMILES string of the molecule is CCNc1cc(C)nc(-c2ccc(C)cc2Br)n1. The van der Waals surface area contributed by atoms with Crippen molar-refractivity contribution < 1.29 is 0 Å². The minimum atomic E-state index is 0.748. The number of rotatable bonds is 3. The summed E-state index contributed by atoms with van der Waals surface area (Å²) >= 11 is 3.57. The summed E-state index contributed by atoms with van der Waals surface area (Å²) < 4.78 is 1.02. The minimum Gasteiger partial charge on any atom is -0.370 e. The van der Waals surface area contributed by atoms with E-state index in [1.54, 1.807) is 0 Å². The molecule has 0 amide bonds. The highest BCUT2D eigenvalue weighted by atomic mass is 79.9. The number of nitrogens with zero attached hydrogens (tertiary/aromatic N) is 2. The van der Waals surface area contributed by atoms with E-state index in [4.69, 9.17) is 0 Å². The number of anilines is 1. The molecule has 0 atom stereocenters. The van der Waals surface area contributed by atoms with Gasteiger partial charge < -0.3 is 5.32 Å². The standard InChI is InChI=1S/C14H16BrN3/c1-4-16-13-8-10(3)17-14(18-13)11-6-5-9(2)7-12(11)15/h5-8H,4H2,1-3H3,(H,16,17,18). The molecule has 0 unspecified atom stereocenters. The molecule has 0 aliphatic rings. The molecule has 1 N–H and O–H groups in total. The molecule has 18 heavy (non-hydrogen) atoms. The van der Waals surface area contributed by atoms with Crippen LogP contribution in [0.2, 0.25) is 0 Å². The molecule has 1 aromatic heterocycles. The van der Waals surface area contributed by atoms with Gasteiger partial charge >= 0.3 is 0 Å². The second-order valence-electron chi connectivity index (χ2n) is 4.23. The zero-order valence-electron chi connectivity index (χ0n) is 10.8. The van der Waals surface area contributed by atoms with E-state index >= 15 is 0 Å². The van der Waals surface area contributed by atoms with Gasteiger partial charge in [-0.3, -0.25) is 0 Å². The van der Waals surface area contributed by atoms with Gasteiger partial charge in [0.25, 0.3) is 0 Å². The molecule has 0 fully saturated rings. The number of hydrogen-bond donors (Lipinski definition) is 1. The van der Waals surface area contributed by atoms with Crippen molar-refractivity contribution in [2.24, 2.45) is 0 Å². The predicted molar refractivity (Wildman–Crippen MR) is 78.8 cm³/mol. The highest BCUT2D eigenvalue weighted by molar-refractivity contribution is 9.10. The van der Waals surface area contributed by atoms with Gasteiger partial charge in [-0.1, -0.05) is 22.0 Å². The first-order chi connectivity index (χ1) is 8.60. The average Bonchev–Trinajstić information content (AvgIpc) is 2.28. The highest BCUT2D eigenvalue weighted by Crippen LogP contribution is 2.27. The van der Waals surface area contributed by atoms with Crippen LogP contribution in [0.3, 0.4) is 0 Å². The maximum atomic E-state index is 4.53. The fourth-order valence-electron chi connectivity index (χ4n) is 1.76. The molecule has 0 aliphatic heterocycles. The van der Waals surface area contributed by atoms with Crippen molar-refractivity contribution in [2.45, 2.75) is 20.8 Å². The summed E-state index contributed by atoms with van der Waals surface area (Å²) in [5.41, 5.74) is 3.19. The summed E-state index contributed by atoms with van der Waals surface area (Å²) in [5.74, 6) is 1.62. The fraction of sp³-hybridized carbons (Fsp3) is 0.286. The molecule has 2 aromatic rings. The molecule has 0 spiro atoms. The number of nitrogens with one attached hydrogen (secondary N) is 1. The molecular weight excluding hydrogens is 290 g/mol. The van der Waals surface area contributed by atoms with Crippen LogP contribution < -0.4 is 5.32 Å². The van der Waals surface area contributed by atoms with Crippen molar-refractivity contribution in [3.05, 3.63) is 40.0 Å². The van der Waals surface area contributed by atoms with Crippen molar-refractivity contribution in [1.82, 2.24) is 9.97 Å². The van der Waals surface area contributed by atoms with Gasteiger partial charge in [0.05, 0.1) is 0 Å². The van der Waals surface area contributed by atoms with Crippen LogP contribution in [0, 0.1) is 13.8 Å². The Morgan fingerprint density at radius 3 is 2.61 bits per heavy atom. The maximum absolute atomic E-state index is 4.53. The summed E-state index contributed by atoms with van der Waals surface area (Å²) in [4.78, 5) is 9.03. The van der Waals surface area contributed by atoms with Crippen LogP contribution in [0.5, 0.6) is 0 Å². The van der Waals surface area contributed by atoms with E-state index in [-0.39, 0.29) is 0 Å². The van der Waals surface area contributed by atoms with Crippen molar-refractivity contribution in [2.75, 3.05) is 11.9 Å². The summed E-state index contributed by atoms with van der Waals surface area (Å²) in [6.45, 7) is 6.95. The van der Waals surface area contributed by atoms with Crippen molar-refractivity contribution in [3.8, 4) is 11.4 Å². The van der Waals surface area contributed by atoms with Gasteiger partial charge in [-0.15, -0.1) is 0 Å². The number of aryl methyl sites for hydroxylation is 2. The van der Waals surface area contributed by atoms with E-state index in [1.807, 2.05) is 19.1 Å². The summed E-state index contributed by atoms with van der Waals surface area (Å²) in [5, 5.41) is 3.22.